The maximum atomic E-state index is 13.0. The second-order valence-corrected chi connectivity index (χ2v) is 6.74. The molecule has 0 aliphatic carbocycles. The minimum Gasteiger partial charge on any atom is -0.508 e. The molecular formula is C24H19N3O5. The third-order valence-electron chi connectivity index (χ3n) is 4.49. The summed E-state index contributed by atoms with van der Waals surface area (Å²) in [5.74, 6) is -0.477. The zero-order valence-electron chi connectivity index (χ0n) is 17.1. The molecule has 8 nitrogen and oxygen atoms in total. The molecule has 0 spiro atoms. The highest BCUT2D eigenvalue weighted by atomic mass is 16.5. The number of amides is 1. The van der Waals surface area contributed by atoms with E-state index in [9.17, 15) is 14.7 Å². The van der Waals surface area contributed by atoms with Crippen LogP contribution in [0.3, 0.4) is 0 Å². The van der Waals surface area contributed by atoms with Crippen molar-refractivity contribution in [3.05, 3.63) is 89.6 Å². The van der Waals surface area contributed by atoms with Gasteiger partial charge in [-0.05, 0) is 61.5 Å². The van der Waals surface area contributed by atoms with Crippen LogP contribution in [0.1, 0.15) is 27.6 Å². The average Bonchev–Trinajstić information content (AvgIpc) is 2.80. The number of esters is 1. The highest BCUT2D eigenvalue weighted by molar-refractivity contribution is 6.05. The number of fused-ring (bicyclic) bond motifs is 1. The van der Waals surface area contributed by atoms with Gasteiger partial charge in [0.25, 0.3) is 5.91 Å². The van der Waals surface area contributed by atoms with Gasteiger partial charge in [0.05, 0.1) is 17.9 Å². The average molecular weight is 429 g/mol. The number of nitrogens with zero attached hydrogens (tertiary/aromatic N) is 2. The van der Waals surface area contributed by atoms with Gasteiger partial charge in [-0.3, -0.25) is 4.79 Å². The fourth-order valence-corrected chi connectivity index (χ4v) is 2.98. The third-order valence-corrected chi connectivity index (χ3v) is 4.49. The van der Waals surface area contributed by atoms with Crippen molar-refractivity contribution in [2.75, 3.05) is 11.9 Å². The minimum absolute atomic E-state index is 0.0247. The first-order valence-corrected chi connectivity index (χ1v) is 9.84. The van der Waals surface area contributed by atoms with Crippen molar-refractivity contribution in [2.45, 2.75) is 6.92 Å². The molecule has 2 aromatic carbocycles. The van der Waals surface area contributed by atoms with Crippen LogP contribution in [-0.2, 0) is 4.74 Å². The first-order valence-electron chi connectivity index (χ1n) is 9.84. The Labute approximate surface area is 182 Å². The van der Waals surface area contributed by atoms with E-state index < -0.39 is 11.9 Å². The van der Waals surface area contributed by atoms with Crippen LogP contribution in [0, 0.1) is 0 Å². The van der Waals surface area contributed by atoms with E-state index >= 15 is 0 Å². The van der Waals surface area contributed by atoms with Crippen LogP contribution in [-0.4, -0.2) is 28.6 Å². The quantitative estimate of drug-likeness (QED) is 0.460. The van der Waals surface area contributed by atoms with Crippen LogP contribution >= 0.6 is 0 Å². The monoisotopic (exact) mass is 429 g/mol. The van der Waals surface area contributed by atoms with Crippen molar-refractivity contribution in [1.82, 2.24) is 4.98 Å². The number of phenolic OH excluding ortho intramolecular Hbond substituents is 1. The Morgan fingerprint density at radius 3 is 2.62 bits per heavy atom. The number of benzene rings is 2. The molecule has 32 heavy (non-hydrogen) atoms. The summed E-state index contributed by atoms with van der Waals surface area (Å²) in [6.45, 7) is 2.01. The summed E-state index contributed by atoms with van der Waals surface area (Å²) in [6, 6.07) is 17.8. The molecule has 0 aliphatic heterocycles. The number of phenols is 1. The summed E-state index contributed by atoms with van der Waals surface area (Å²) in [7, 11) is 0. The maximum absolute atomic E-state index is 13.0. The number of aromatic nitrogens is 1. The summed E-state index contributed by atoms with van der Waals surface area (Å²) < 4.78 is 10.8. The standard InChI is InChI=1S/C24H19N3O5/c1-2-31-24(30)15-6-9-17(10-7-15)26-23-19(22(29)27-21-5-3-4-12-25-21)13-16-8-11-18(28)14-20(16)32-23/h3-14,28H,2H2,1H3,(H,25,27,29). The van der Waals surface area contributed by atoms with Gasteiger partial charge in [0, 0.05) is 17.6 Å². The SMILES string of the molecule is CCOC(=O)c1ccc(N=c2oc3cc(O)ccc3cc2C(=O)Nc2ccccn2)cc1. The molecule has 2 heterocycles. The Morgan fingerprint density at radius 1 is 1.09 bits per heavy atom. The van der Waals surface area contributed by atoms with Crippen molar-refractivity contribution in [1.29, 1.82) is 0 Å². The number of anilines is 1. The summed E-state index contributed by atoms with van der Waals surface area (Å²) in [5.41, 5.74) is 1.44. The summed E-state index contributed by atoms with van der Waals surface area (Å²) in [5, 5.41) is 13.1. The lowest BCUT2D eigenvalue weighted by molar-refractivity contribution is 0.0526. The molecule has 1 amide bonds. The van der Waals surface area contributed by atoms with Crippen molar-refractivity contribution < 1.29 is 23.8 Å². The molecule has 2 N–H and O–H groups in total. The molecule has 0 fully saturated rings. The molecule has 0 unspecified atom stereocenters. The molecule has 0 aliphatic rings. The topological polar surface area (TPSA) is 114 Å². The second-order valence-electron chi connectivity index (χ2n) is 6.74. The van der Waals surface area contributed by atoms with E-state index in [0.29, 0.717) is 28.0 Å². The van der Waals surface area contributed by atoms with E-state index in [1.807, 2.05) is 0 Å². The van der Waals surface area contributed by atoms with Gasteiger partial charge in [0.1, 0.15) is 22.7 Å². The van der Waals surface area contributed by atoms with Gasteiger partial charge in [-0.2, -0.15) is 0 Å². The van der Waals surface area contributed by atoms with Gasteiger partial charge < -0.3 is 19.6 Å². The van der Waals surface area contributed by atoms with Crippen molar-refractivity contribution in [3.63, 3.8) is 0 Å². The lowest BCUT2D eigenvalue weighted by atomic mass is 10.1. The maximum Gasteiger partial charge on any atom is 0.338 e. The van der Waals surface area contributed by atoms with E-state index in [-0.39, 0.29) is 23.5 Å². The molecule has 160 valence electrons. The summed E-state index contributed by atoms with van der Waals surface area (Å²) in [4.78, 5) is 33.4. The van der Waals surface area contributed by atoms with Crippen molar-refractivity contribution >= 4 is 34.4 Å². The predicted octanol–water partition coefficient (Wildman–Crippen LogP) is 4.19. The molecule has 0 atom stereocenters. The molecule has 2 aromatic heterocycles. The van der Waals surface area contributed by atoms with Gasteiger partial charge in [0.2, 0.25) is 5.55 Å². The summed E-state index contributed by atoms with van der Waals surface area (Å²) >= 11 is 0. The van der Waals surface area contributed by atoms with Gasteiger partial charge in [0.15, 0.2) is 0 Å². The lowest BCUT2D eigenvalue weighted by Crippen LogP contribution is -2.22. The van der Waals surface area contributed by atoms with Gasteiger partial charge >= 0.3 is 5.97 Å². The van der Waals surface area contributed by atoms with Crippen LogP contribution in [0.15, 0.2) is 82.3 Å². The fourth-order valence-electron chi connectivity index (χ4n) is 2.98. The Balaban J connectivity index is 1.78. The van der Waals surface area contributed by atoms with Crippen LogP contribution in [0.4, 0.5) is 11.5 Å². The molecule has 0 saturated carbocycles. The zero-order valence-corrected chi connectivity index (χ0v) is 17.1. The van der Waals surface area contributed by atoms with Crippen LogP contribution in [0.2, 0.25) is 0 Å². The molecule has 0 saturated heterocycles. The van der Waals surface area contributed by atoms with E-state index in [4.69, 9.17) is 9.15 Å². The first-order chi connectivity index (χ1) is 15.5. The third kappa shape index (κ3) is 4.65. The van der Waals surface area contributed by atoms with Crippen molar-refractivity contribution in [2.24, 2.45) is 4.99 Å². The van der Waals surface area contributed by atoms with E-state index in [2.05, 4.69) is 15.3 Å². The Kier molecular flexibility index (Phi) is 5.94. The molecule has 4 rings (SSSR count). The van der Waals surface area contributed by atoms with Crippen LogP contribution in [0.5, 0.6) is 5.75 Å². The number of pyridine rings is 1. The number of carbonyl (C=O) groups is 2. The van der Waals surface area contributed by atoms with Gasteiger partial charge in [-0.15, -0.1) is 0 Å². The summed E-state index contributed by atoms with van der Waals surface area (Å²) in [6.07, 6.45) is 1.57. The number of ether oxygens (including phenoxy) is 1. The van der Waals surface area contributed by atoms with E-state index in [0.717, 1.165) is 0 Å². The number of carbonyl (C=O) groups excluding carboxylic acids is 2. The number of aromatic hydroxyl groups is 1. The number of hydrogen-bond acceptors (Lipinski definition) is 7. The molecule has 0 bridgehead atoms. The molecule has 4 aromatic rings. The Hall–Kier alpha value is -4.46. The highest BCUT2D eigenvalue weighted by Crippen LogP contribution is 2.21. The molecular weight excluding hydrogens is 410 g/mol. The Bertz CT molecular complexity index is 1350. The number of hydrogen-bond donors (Lipinski definition) is 2. The predicted molar refractivity (Wildman–Crippen MR) is 118 cm³/mol. The first kappa shape index (κ1) is 20.8. The molecule has 0 radical (unpaired) electrons. The van der Waals surface area contributed by atoms with E-state index in [1.54, 1.807) is 67.7 Å². The smallest absolute Gasteiger partial charge is 0.338 e. The minimum atomic E-state index is -0.454. The highest BCUT2D eigenvalue weighted by Gasteiger charge is 2.14. The van der Waals surface area contributed by atoms with E-state index in [1.165, 1.54) is 12.1 Å². The Morgan fingerprint density at radius 2 is 1.91 bits per heavy atom. The lowest BCUT2D eigenvalue weighted by Gasteiger charge is -2.07. The van der Waals surface area contributed by atoms with Gasteiger partial charge in [-0.1, -0.05) is 6.07 Å². The fraction of sp³-hybridized carbons (Fsp3) is 0.0833. The normalized spacial score (nSPS) is 11.3. The van der Waals surface area contributed by atoms with Crippen LogP contribution in [0.25, 0.3) is 11.0 Å². The zero-order chi connectivity index (χ0) is 22.5. The second kappa shape index (κ2) is 9.13. The van der Waals surface area contributed by atoms with Gasteiger partial charge in [-0.25, -0.2) is 14.8 Å². The largest absolute Gasteiger partial charge is 0.508 e. The molecule has 8 heteroatoms. The number of nitrogens with one attached hydrogen (secondary N) is 1. The van der Waals surface area contributed by atoms with Crippen LogP contribution < -0.4 is 10.9 Å². The number of rotatable bonds is 5. The van der Waals surface area contributed by atoms with Crippen molar-refractivity contribution in [3.8, 4) is 5.75 Å².